The van der Waals surface area contributed by atoms with Crippen LogP contribution >= 0.6 is 0 Å². The van der Waals surface area contributed by atoms with Crippen LogP contribution in [0.15, 0.2) is 36.4 Å². The van der Waals surface area contributed by atoms with Crippen LogP contribution in [-0.2, 0) is 11.2 Å². The maximum atomic E-state index is 11.5. The van der Waals surface area contributed by atoms with E-state index in [1.165, 1.54) is 6.08 Å². The predicted octanol–water partition coefficient (Wildman–Crippen LogP) is 2.36. The number of hydrogen-bond acceptors (Lipinski definition) is 4. The number of ketones is 1. The second kappa shape index (κ2) is 8.11. The number of phenolic OH excluding ortho intramolecular Hbond substituents is 1. The third kappa shape index (κ3) is 4.68. The Balaban J connectivity index is 1.94. The summed E-state index contributed by atoms with van der Waals surface area (Å²) in [6, 6.07) is 7.34. The van der Waals surface area contributed by atoms with E-state index in [0.29, 0.717) is 18.1 Å². The van der Waals surface area contributed by atoms with Crippen LogP contribution in [0.2, 0.25) is 0 Å². The van der Waals surface area contributed by atoms with E-state index in [0.717, 1.165) is 37.7 Å². The molecule has 4 heteroatoms. The lowest BCUT2D eigenvalue weighted by Crippen LogP contribution is -2.33. The van der Waals surface area contributed by atoms with Gasteiger partial charge in [0.25, 0.3) is 0 Å². The molecule has 0 saturated carbocycles. The van der Waals surface area contributed by atoms with Crippen molar-refractivity contribution in [1.29, 1.82) is 0 Å². The minimum Gasteiger partial charge on any atom is -0.508 e. The monoisotopic (exact) mass is 304 g/mol. The number of benzene rings is 1. The zero-order valence-corrected chi connectivity index (χ0v) is 12.7. The van der Waals surface area contributed by atoms with Gasteiger partial charge in [-0.2, -0.15) is 0 Å². The van der Waals surface area contributed by atoms with Gasteiger partial charge in [0, 0.05) is 0 Å². The number of aliphatic hydroxyl groups excluding tert-OH is 2. The van der Waals surface area contributed by atoms with Crippen molar-refractivity contribution in [3.8, 4) is 5.75 Å². The number of hydrogen-bond donors (Lipinski definition) is 3. The van der Waals surface area contributed by atoms with E-state index in [9.17, 15) is 20.1 Å². The second-order valence-electron chi connectivity index (χ2n) is 6.01. The van der Waals surface area contributed by atoms with Crippen LogP contribution in [0.4, 0.5) is 0 Å². The van der Waals surface area contributed by atoms with Crippen molar-refractivity contribution in [3.05, 3.63) is 42.0 Å². The number of phenols is 1. The summed E-state index contributed by atoms with van der Waals surface area (Å²) >= 11 is 0. The SMILES string of the molecule is O=C1/C=C\CCC(CCc2ccccc2O)CCC(O)C1O. The molecule has 0 heterocycles. The van der Waals surface area contributed by atoms with Gasteiger partial charge in [0.05, 0.1) is 6.10 Å². The lowest BCUT2D eigenvalue weighted by molar-refractivity contribution is -0.128. The van der Waals surface area contributed by atoms with E-state index < -0.39 is 18.0 Å². The minimum atomic E-state index is -1.31. The molecule has 3 unspecified atom stereocenters. The number of aromatic hydroxyl groups is 1. The maximum Gasteiger partial charge on any atom is 0.186 e. The number of rotatable bonds is 3. The third-order valence-electron chi connectivity index (χ3n) is 4.36. The molecule has 0 spiro atoms. The van der Waals surface area contributed by atoms with E-state index in [1.54, 1.807) is 12.1 Å². The fraction of sp³-hybridized carbons (Fsp3) is 0.500. The van der Waals surface area contributed by atoms with Gasteiger partial charge in [0.1, 0.15) is 11.9 Å². The summed E-state index contributed by atoms with van der Waals surface area (Å²) in [5.41, 5.74) is 0.936. The summed E-state index contributed by atoms with van der Waals surface area (Å²) < 4.78 is 0. The molecule has 0 aliphatic heterocycles. The summed E-state index contributed by atoms with van der Waals surface area (Å²) in [6.07, 6.45) is 5.48. The Labute approximate surface area is 131 Å². The van der Waals surface area contributed by atoms with E-state index in [1.807, 2.05) is 18.2 Å². The lowest BCUT2D eigenvalue weighted by atomic mass is 9.88. The van der Waals surface area contributed by atoms with Crippen molar-refractivity contribution >= 4 is 5.78 Å². The van der Waals surface area contributed by atoms with Crippen LogP contribution in [0.25, 0.3) is 0 Å². The Kier molecular flexibility index (Phi) is 6.16. The first-order valence-electron chi connectivity index (χ1n) is 7.91. The van der Waals surface area contributed by atoms with Crippen LogP contribution in [0.1, 0.15) is 37.7 Å². The van der Waals surface area contributed by atoms with Crippen molar-refractivity contribution in [2.24, 2.45) is 5.92 Å². The fourth-order valence-electron chi connectivity index (χ4n) is 2.90. The highest BCUT2D eigenvalue weighted by Gasteiger charge is 2.24. The van der Waals surface area contributed by atoms with E-state index >= 15 is 0 Å². The number of para-hydroxylation sites is 1. The van der Waals surface area contributed by atoms with Crippen molar-refractivity contribution in [2.75, 3.05) is 0 Å². The number of carbonyl (C=O) groups excluding carboxylic acids is 1. The van der Waals surface area contributed by atoms with Crippen molar-refractivity contribution in [2.45, 2.75) is 50.7 Å². The number of allylic oxidation sites excluding steroid dienone is 1. The molecule has 1 aromatic rings. The molecule has 3 N–H and O–H groups in total. The summed E-state index contributed by atoms with van der Waals surface area (Å²) in [6.45, 7) is 0. The summed E-state index contributed by atoms with van der Waals surface area (Å²) in [5, 5.41) is 29.4. The maximum absolute atomic E-state index is 11.5. The van der Waals surface area contributed by atoms with Gasteiger partial charge in [0.15, 0.2) is 5.78 Å². The molecular formula is C18H24O4. The Hall–Kier alpha value is -1.65. The van der Waals surface area contributed by atoms with Gasteiger partial charge >= 0.3 is 0 Å². The number of carbonyl (C=O) groups is 1. The summed E-state index contributed by atoms with van der Waals surface area (Å²) in [7, 11) is 0. The van der Waals surface area contributed by atoms with Gasteiger partial charge in [-0.3, -0.25) is 4.79 Å². The number of aliphatic hydroxyl groups is 2. The first kappa shape index (κ1) is 16.7. The second-order valence-corrected chi connectivity index (χ2v) is 6.01. The average molecular weight is 304 g/mol. The predicted molar refractivity (Wildman–Crippen MR) is 84.5 cm³/mol. The smallest absolute Gasteiger partial charge is 0.186 e. The van der Waals surface area contributed by atoms with E-state index in [-0.39, 0.29) is 0 Å². The Morgan fingerprint density at radius 2 is 1.86 bits per heavy atom. The van der Waals surface area contributed by atoms with Gasteiger partial charge in [-0.1, -0.05) is 24.3 Å². The molecule has 1 aliphatic rings. The lowest BCUT2D eigenvalue weighted by Gasteiger charge is -2.21. The molecule has 4 nitrogen and oxygen atoms in total. The molecule has 120 valence electrons. The van der Waals surface area contributed by atoms with Crippen LogP contribution < -0.4 is 0 Å². The molecule has 1 aliphatic carbocycles. The molecular weight excluding hydrogens is 280 g/mol. The highest BCUT2D eigenvalue weighted by atomic mass is 16.3. The Morgan fingerprint density at radius 1 is 1.09 bits per heavy atom. The van der Waals surface area contributed by atoms with Crippen LogP contribution in [0, 0.1) is 5.92 Å². The Bertz CT molecular complexity index is 524. The first-order valence-corrected chi connectivity index (χ1v) is 7.91. The largest absolute Gasteiger partial charge is 0.508 e. The quantitative estimate of drug-likeness (QED) is 0.801. The van der Waals surface area contributed by atoms with Crippen molar-refractivity contribution in [3.63, 3.8) is 0 Å². The normalized spacial score (nSPS) is 28.3. The minimum absolute atomic E-state index is 0.323. The zero-order valence-electron chi connectivity index (χ0n) is 12.7. The standard InChI is InChI=1S/C18H24O4/c19-15-7-4-2-6-14(15)11-9-13-5-1-3-8-16(20)18(22)17(21)12-10-13/h2-4,6-8,13,17-19,21-22H,1,5,9-12H2/b8-3-. The third-order valence-corrected chi connectivity index (χ3v) is 4.36. The number of aryl methyl sites for hydroxylation is 1. The molecule has 0 saturated heterocycles. The van der Waals surface area contributed by atoms with Gasteiger partial charge in [-0.15, -0.1) is 0 Å². The van der Waals surface area contributed by atoms with Crippen LogP contribution in [-0.4, -0.2) is 33.3 Å². The molecule has 1 aromatic carbocycles. The van der Waals surface area contributed by atoms with Gasteiger partial charge in [-0.05, 0) is 62.1 Å². The molecule has 3 atom stereocenters. The van der Waals surface area contributed by atoms with Gasteiger partial charge in [0.2, 0.25) is 0 Å². The van der Waals surface area contributed by atoms with Crippen molar-refractivity contribution in [1.82, 2.24) is 0 Å². The van der Waals surface area contributed by atoms with Gasteiger partial charge in [-0.25, -0.2) is 0 Å². The molecule has 0 amide bonds. The Morgan fingerprint density at radius 3 is 2.64 bits per heavy atom. The van der Waals surface area contributed by atoms with Crippen molar-refractivity contribution < 1.29 is 20.1 Å². The van der Waals surface area contributed by atoms with Crippen LogP contribution in [0.5, 0.6) is 5.75 Å². The topological polar surface area (TPSA) is 77.8 Å². The molecule has 0 aromatic heterocycles. The molecule has 0 bridgehead atoms. The molecule has 0 fully saturated rings. The molecule has 2 rings (SSSR count). The van der Waals surface area contributed by atoms with Crippen LogP contribution in [0.3, 0.4) is 0 Å². The molecule has 22 heavy (non-hydrogen) atoms. The average Bonchev–Trinajstić information content (AvgIpc) is 2.52. The fourth-order valence-corrected chi connectivity index (χ4v) is 2.90. The summed E-state index contributed by atoms with van der Waals surface area (Å²) in [4.78, 5) is 11.5. The highest BCUT2D eigenvalue weighted by Crippen LogP contribution is 2.25. The highest BCUT2D eigenvalue weighted by molar-refractivity contribution is 5.93. The first-order chi connectivity index (χ1) is 10.6. The zero-order chi connectivity index (χ0) is 15.9. The van der Waals surface area contributed by atoms with Gasteiger partial charge < -0.3 is 15.3 Å². The van der Waals surface area contributed by atoms with E-state index in [4.69, 9.17) is 0 Å². The van der Waals surface area contributed by atoms with E-state index in [2.05, 4.69) is 0 Å². The summed E-state index contributed by atoms with van der Waals surface area (Å²) in [5.74, 6) is 0.308. The molecule has 0 radical (unpaired) electrons.